The molecule has 0 atom stereocenters. The fourth-order valence-electron chi connectivity index (χ4n) is 2.82. The molecule has 2 aromatic rings. The molecule has 10 heteroatoms. The Labute approximate surface area is 146 Å². The Morgan fingerprint density at radius 1 is 1.12 bits per heavy atom. The Morgan fingerprint density at radius 2 is 1.84 bits per heavy atom. The highest BCUT2D eigenvalue weighted by Crippen LogP contribution is 2.17. The third-order valence-corrected chi connectivity index (χ3v) is 6.08. The third kappa shape index (κ3) is 3.90. The predicted octanol–water partition coefficient (Wildman–Crippen LogP) is -0.152. The van der Waals surface area contributed by atoms with Crippen molar-refractivity contribution in [1.29, 1.82) is 0 Å². The van der Waals surface area contributed by atoms with E-state index in [9.17, 15) is 13.2 Å². The molecule has 9 nitrogen and oxygen atoms in total. The molecule has 0 N–H and O–H groups in total. The van der Waals surface area contributed by atoms with Gasteiger partial charge in [-0.3, -0.25) is 14.2 Å². The summed E-state index contributed by atoms with van der Waals surface area (Å²) in [5.74, 6) is 0.0200. The largest absolute Gasteiger partial charge is 0.340 e. The lowest BCUT2D eigenvalue weighted by atomic mass is 10.3. The highest BCUT2D eigenvalue weighted by Gasteiger charge is 2.30. The highest BCUT2D eigenvalue weighted by molar-refractivity contribution is 7.89. The fourth-order valence-corrected chi connectivity index (χ4v) is 4.22. The molecule has 1 saturated heterocycles. The number of carbonyl (C=O) groups is 1. The van der Waals surface area contributed by atoms with E-state index in [1.54, 1.807) is 22.8 Å². The molecule has 0 bridgehead atoms. The van der Waals surface area contributed by atoms with Crippen LogP contribution in [0, 0.1) is 6.92 Å². The maximum Gasteiger partial charge on any atom is 0.246 e. The molecule has 0 unspecified atom stereocenters. The molecule has 1 aliphatic rings. The summed E-state index contributed by atoms with van der Waals surface area (Å²) < 4.78 is 29.7. The maximum absolute atomic E-state index is 12.5. The molecule has 0 aliphatic carbocycles. The molecule has 0 saturated carbocycles. The summed E-state index contributed by atoms with van der Waals surface area (Å²) in [6, 6.07) is 0. The fraction of sp³-hybridized carbons (Fsp3) is 0.533. The van der Waals surface area contributed by atoms with Gasteiger partial charge in [-0.15, -0.1) is 0 Å². The van der Waals surface area contributed by atoms with E-state index < -0.39 is 10.0 Å². The molecule has 1 aliphatic heterocycles. The first-order valence-corrected chi connectivity index (χ1v) is 9.56. The molecule has 0 radical (unpaired) electrons. The van der Waals surface area contributed by atoms with Crippen molar-refractivity contribution in [3.8, 4) is 0 Å². The minimum Gasteiger partial charge on any atom is -0.340 e. The lowest BCUT2D eigenvalue weighted by Crippen LogP contribution is -2.50. The first kappa shape index (κ1) is 17.6. The van der Waals surface area contributed by atoms with Gasteiger partial charge in [0.25, 0.3) is 0 Å². The van der Waals surface area contributed by atoms with E-state index in [4.69, 9.17) is 0 Å². The van der Waals surface area contributed by atoms with Gasteiger partial charge in [-0.25, -0.2) is 8.42 Å². The Balaban J connectivity index is 1.53. The van der Waals surface area contributed by atoms with Gasteiger partial charge in [0.2, 0.25) is 15.9 Å². The lowest BCUT2D eigenvalue weighted by molar-refractivity contribution is -0.132. The number of aromatic nitrogens is 4. The van der Waals surface area contributed by atoms with Gasteiger partial charge < -0.3 is 4.90 Å². The standard InChI is InChI=1S/C15H22N6O3S/c1-13-9-17-20(11-13)4-3-15(22)19-5-7-21(8-6-19)25(23,24)14-10-16-18(2)12-14/h9-12H,3-8H2,1-2H3. The molecule has 1 amide bonds. The second kappa shape index (κ2) is 6.96. The van der Waals surface area contributed by atoms with Crippen LogP contribution in [0.25, 0.3) is 0 Å². The summed E-state index contributed by atoms with van der Waals surface area (Å²) in [5.41, 5.74) is 1.06. The Morgan fingerprint density at radius 3 is 2.40 bits per heavy atom. The van der Waals surface area contributed by atoms with Crippen molar-refractivity contribution in [1.82, 2.24) is 28.8 Å². The van der Waals surface area contributed by atoms with Crippen molar-refractivity contribution in [2.24, 2.45) is 7.05 Å². The van der Waals surface area contributed by atoms with E-state index in [0.29, 0.717) is 39.1 Å². The lowest BCUT2D eigenvalue weighted by Gasteiger charge is -2.33. The zero-order chi connectivity index (χ0) is 18.0. The molecule has 136 valence electrons. The average molecular weight is 366 g/mol. The number of piperazine rings is 1. The number of hydrogen-bond donors (Lipinski definition) is 0. The van der Waals surface area contributed by atoms with Crippen molar-refractivity contribution in [2.75, 3.05) is 26.2 Å². The second-order valence-electron chi connectivity index (χ2n) is 6.17. The van der Waals surface area contributed by atoms with Crippen molar-refractivity contribution >= 4 is 15.9 Å². The smallest absolute Gasteiger partial charge is 0.246 e. The second-order valence-corrected chi connectivity index (χ2v) is 8.10. The van der Waals surface area contributed by atoms with Crippen molar-refractivity contribution in [3.63, 3.8) is 0 Å². The van der Waals surface area contributed by atoms with Gasteiger partial charge in [-0.1, -0.05) is 0 Å². The van der Waals surface area contributed by atoms with E-state index in [-0.39, 0.29) is 10.8 Å². The predicted molar refractivity (Wildman–Crippen MR) is 90.1 cm³/mol. The molecule has 1 fully saturated rings. The molecule has 25 heavy (non-hydrogen) atoms. The Kier molecular flexibility index (Phi) is 4.91. The molecule has 0 aromatic carbocycles. The zero-order valence-corrected chi connectivity index (χ0v) is 15.2. The van der Waals surface area contributed by atoms with Crippen LogP contribution in [0.2, 0.25) is 0 Å². The van der Waals surface area contributed by atoms with Crippen molar-refractivity contribution < 1.29 is 13.2 Å². The van der Waals surface area contributed by atoms with E-state index >= 15 is 0 Å². The molecular formula is C15H22N6O3S. The maximum atomic E-state index is 12.5. The summed E-state index contributed by atoms with van der Waals surface area (Å²) in [4.78, 5) is 14.2. The number of aryl methyl sites for hydroxylation is 3. The van der Waals surface area contributed by atoms with Gasteiger partial charge in [0.15, 0.2) is 0 Å². The van der Waals surface area contributed by atoms with Gasteiger partial charge in [-0.05, 0) is 12.5 Å². The van der Waals surface area contributed by atoms with Crippen LogP contribution < -0.4 is 0 Å². The van der Waals surface area contributed by atoms with E-state index in [1.807, 2.05) is 13.1 Å². The third-order valence-electron chi connectivity index (χ3n) is 4.23. The number of carbonyl (C=O) groups excluding carboxylic acids is 1. The SMILES string of the molecule is Cc1cnn(CCC(=O)N2CCN(S(=O)(=O)c3cnn(C)c3)CC2)c1. The normalized spacial score (nSPS) is 16.3. The highest BCUT2D eigenvalue weighted by atomic mass is 32.2. The summed E-state index contributed by atoms with van der Waals surface area (Å²) in [6.07, 6.45) is 6.84. The summed E-state index contributed by atoms with van der Waals surface area (Å²) >= 11 is 0. The number of amides is 1. The zero-order valence-electron chi connectivity index (χ0n) is 14.4. The topological polar surface area (TPSA) is 93.3 Å². The van der Waals surface area contributed by atoms with E-state index in [2.05, 4.69) is 10.2 Å². The molecular weight excluding hydrogens is 344 g/mol. The molecule has 3 rings (SSSR count). The van der Waals surface area contributed by atoms with Gasteiger partial charge in [-0.2, -0.15) is 14.5 Å². The monoisotopic (exact) mass is 366 g/mol. The van der Waals surface area contributed by atoms with Gasteiger partial charge in [0.1, 0.15) is 4.90 Å². The number of nitrogens with zero attached hydrogens (tertiary/aromatic N) is 6. The summed E-state index contributed by atoms with van der Waals surface area (Å²) in [6.45, 7) is 3.87. The van der Waals surface area contributed by atoms with Gasteiger partial charge in [0.05, 0.1) is 12.4 Å². The first-order chi connectivity index (χ1) is 11.9. The van der Waals surface area contributed by atoms with E-state index in [1.165, 1.54) is 21.4 Å². The average Bonchev–Trinajstić information content (AvgIpc) is 3.21. The van der Waals surface area contributed by atoms with Crippen LogP contribution in [0.1, 0.15) is 12.0 Å². The summed E-state index contributed by atoms with van der Waals surface area (Å²) in [5, 5.41) is 8.08. The van der Waals surface area contributed by atoms with Gasteiger partial charge in [0, 0.05) is 58.6 Å². The quantitative estimate of drug-likeness (QED) is 0.734. The summed E-state index contributed by atoms with van der Waals surface area (Å²) in [7, 11) is -1.87. The number of rotatable bonds is 5. The number of hydrogen-bond acceptors (Lipinski definition) is 5. The van der Waals surface area contributed by atoms with Crippen LogP contribution in [0.15, 0.2) is 29.7 Å². The Hall–Kier alpha value is -2.20. The van der Waals surface area contributed by atoms with Crippen LogP contribution in [-0.2, 0) is 28.4 Å². The molecule has 3 heterocycles. The van der Waals surface area contributed by atoms with Crippen molar-refractivity contribution in [3.05, 3.63) is 30.4 Å². The molecule has 0 spiro atoms. The van der Waals surface area contributed by atoms with Crippen LogP contribution in [0.3, 0.4) is 0 Å². The Bertz CT molecular complexity index is 848. The van der Waals surface area contributed by atoms with Gasteiger partial charge >= 0.3 is 0 Å². The van der Waals surface area contributed by atoms with Crippen LogP contribution in [0.5, 0.6) is 0 Å². The van der Waals surface area contributed by atoms with Crippen LogP contribution in [-0.4, -0.2) is 69.3 Å². The van der Waals surface area contributed by atoms with Crippen molar-refractivity contribution in [2.45, 2.75) is 24.8 Å². The van der Waals surface area contributed by atoms with E-state index in [0.717, 1.165) is 5.56 Å². The van der Waals surface area contributed by atoms with Crippen LogP contribution in [0.4, 0.5) is 0 Å². The van der Waals surface area contributed by atoms with Crippen LogP contribution >= 0.6 is 0 Å². The minimum absolute atomic E-state index is 0.0200. The number of sulfonamides is 1. The minimum atomic E-state index is -3.54. The first-order valence-electron chi connectivity index (χ1n) is 8.12. The molecule has 2 aromatic heterocycles.